The molecule has 1 aliphatic rings. The lowest BCUT2D eigenvalue weighted by Gasteiger charge is -2.33. The number of hydrogen-bond donors (Lipinski definition) is 2. The lowest BCUT2D eigenvalue weighted by Crippen LogP contribution is -2.44. The summed E-state index contributed by atoms with van der Waals surface area (Å²) in [5.41, 5.74) is 1.20. The Morgan fingerprint density at radius 1 is 1.10 bits per heavy atom. The molecule has 3 rings (SSSR count). The number of para-hydroxylation sites is 1. The standard InChI is InChI=1S/C22H32N6O/c1-23-22(25-10-6-16-29-20-7-4-3-5-8-20)26-18-19-9-11-24-21(17-19)28-14-12-27(2)13-15-28/h3-5,7-9,11,17H,6,10,12-16,18H2,1-2H3,(H2,23,25,26). The molecule has 0 saturated carbocycles. The van der Waals surface area contributed by atoms with Crippen molar-refractivity contribution in [1.82, 2.24) is 20.5 Å². The molecule has 1 aliphatic heterocycles. The van der Waals surface area contributed by atoms with Crippen LogP contribution in [-0.4, -0.2) is 69.3 Å². The lowest BCUT2D eigenvalue weighted by molar-refractivity contribution is 0.311. The van der Waals surface area contributed by atoms with Gasteiger partial charge in [-0.2, -0.15) is 0 Å². The molecule has 2 heterocycles. The van der Waals surface area contributed by atoms with E-state index in [1.54, 1.807) is 7.05 Å². The van der Waals surface area contributed by atoms with Gasteiger partial charge in [0.2, 0.25) is 0 Å². The van der Waals surface area contributed by atoms with E-state index in [0.717, 1.165) is 56.7 Å². The van der Waals surface area contributed by atoms with Crippen molar-refractivity contribution < 1.29 is 4.74 Å². The predicted molar refractivity (Wildman–Crippen MR) is 119 cm³/mol. The first-order valence-electron chi connectivity index (χ1n) is 10.3. The predicted octanol–water partition coefficient (Wildman–Crippen LogP) is 1.97. The second-order valence-electron chi connectivity index (χ2n) is 7.18. The molecule has 7 heteroatoms. The molecule has 1 aromatic carbocycles. The van der Waals surface area contributed by atoms with E-state index in [9.17, 15) is 0 Å². The monoisotopic (exact) mass is 396 g/mol. The minimum Gasteiger partial charge on any atom is -0.494 e. The van der Waals surface area contributed by atoms with Crippen molar-refractivity contribution in [3.8, 4) is 5.75 Å². The van der Waals surface area contributed by atoms with Crippen LogP contribution in [0.25, 0.3) is 0 Å². The smallest absolute Gasteiger partial charge is 0.191 e. The molecule has 0 aliphatic carbocycles. The van der Waals surface area contributed by atoms with Crippen LogP contribution in [0.2, 0.25) is 0 Å². The van der Waals surface area contributed by atoms with Crippen LogP contribution in [0.1, 0.15) is 12.0 Å². The van der Waals surface area contributed by atoms with Gasteiger partial charge in [0.05, 0.1) is 6.61 Å². The zero-order valence-corrected chi connectivity index (χ0v) is 17.5. The third kappa shape index (κ3) is 6.94. The van der Waals surface area contributed by atoms with Gasteiger partial charge in [0.15, 0.2) is 5.96 Å². The summed E-state index contributed by atoms with van der Waals surface area (Å²) in [5, 5.41) is 6.71. The van der Waals surface area contributed by atoms with Gasteiger partial charge >= 0.3 is 0 Å². The molecule has 1 aromatic heterocycles. The quantitative estimate of drug-likeness (QED) is 0.404. The molecule has 29 heavy (non-hydrogen) atoms. The molecule has 0 amide bonds. The number of rotatable bonds is 8. The number of guanidine groups is 1. The summed E-state index contributed by atoms with van der Waals surface area (Å²) < 4.78 is 5.71. The van der Waals surface area contributed by atoms with Gasteiger partial charge in [0.25, 0.3) is 0 Å². The number of benzene rings is 1. The van der Waals surface area contributed by atoms with Crippen LogP contribution < -0.4 is 20.3 Å². The average molecular weight is 397 g/mol. The normalized spacial score (nSPS) is 15.2. The van der Waals surface area contributed by atoms with Crippen LogP contribution in [0, 0.1) is 0 Å². The molecule has 0 atom stereocenters. The molecule has 7 nitrogen and oxygen atoms in total. The molecule has 0 unspecified atom stereocenters. The third-order valence-corrected chi connectivity index (χ3v) is 4.95. The van der Waals surface area contributed by atoms with Gasteiger partial charge < -0.3 is 25.2 Å². The molecule has 2 N–H and O–H groups in total. The van der Waals surface area contributed by atoms with E-state index in [0.29, 0.717) is 13.2 Å². The van der Waals surface area contributed by atoms with Gasteiger partial charge in [0, 0.05) is 52.5 Å². The number of piperazine rings is 1. The third-order valence-electron chi connectivity index (χ3n) is 4.95. The van der Waals surface area contributed by atoms with E-state index in [1.165, 1.54) is 5.56 Å². The first kappa shape index (κ1) is 20.9. The number of aliphatic imine (C=N–C) groups is 1. The highest BCUT2D eigenvalue weighted by molar-refractivity contribution is 5.79. The fourth-order valence-electron chi connectivity index (χ4n) is 3.17. The van der Waals surface area contributed by atoms with E-state index < -0.39 is 0 Å². The van der Waals surface area contributed by atoms with Crippen molar-refractivity contribution >= 4 is 11.8 Å². The van der Waals surface area contributed by atoms with Crippen molar-refractivity contribution in [3.05, 3.63) is 54.2 Å². The lowest BCUT2D eigenvalue weighted by atomic mass is 10.2. The molecule has 0 radical (unpaired) electrons. The maximum atomic E-state index is 5.71. The van der Waals surface area contributed by atoms with E-state index in [-0.39, 0.29) is 0 Å². The van der Waals surface area contributed by atoms with Crippen LogP contribution in [0.15, 0.2) is 53.7 Å². The summed E-state index contributed by atoms with van der Waals surface area (Å²) in [6.07, 6.45) is 2.79. The maximum Gasteiger partial charge on any atom is 0.191 e. The molecule has 156 valence electrons. The molecule has 2 aromatic rings. The summed E-state index contributed by atoms with van der Waals surface area (Å²) in [6.45, 7) is 6.39. The Balaban J connectivity index is 1.38. The molecule has 1 fully saturated rings. The zero-order valence-electron chi connectivity index (χ0n) is 17.5. The maximum absolute atomic E-state index is 5.71. The van der Waals surface area contributed by atoms with Crippen LogP contribution in [-0.2, 0) is 6.54 Å². The minimum absolute atomic E-state index is 0.673. The highest BCUT2D eigenvalue weighted by atomic mass is 16.5. The molecule has 1 saturated heterocycles. The van der Waals surface area contributed by atoms with Gasteiger partial charge in [-0.05, 0) is 43.3 Å². The van der Waals surface area contributed by atoms with Gasteiger partial charge in [-0.3, -0.25) is 4.99 Å². The first-order chi connectivity index (χ1) is 14.2. The van der Waals surface area contributed by atoms with E-state index in [1.807, 2.05) is 42.6 Å². The molecular formula is C22H32N6O. The summed E-state index contributed by atoms with van der Waals surface area (Å²) >= 11 is 0. The van der Waals surface area contributed by atoms with E-state index in [4.69, 9.17) is 4.74 Å². The number of nitrogens with one attached hydrogen (secondary N) is 2. The topological polar surface area (TPSA) is 65.0 Å². The van der Waals surface area contributed by atoms with E-state index in [2.05, 4.69) is 43.5 Å². The van der Waals surface area contributed by atoms with Gasteiger partial charge in [-0.1, -0.05) is 18.2 Å². The Labute approximate surface area is 173 Å². The summed E-state index contributed by atoms with van der Waals surface area (Å²) in [6, 6.07) is 14.1. The number of anilines is 1. The zero-order chi connectivity index (χ0) is 20.3. The fraction of sp³-hybridized carbons (Fsp3) is 0.455. The fourth-order valence-corrected chi connectivity index (χ4v) is 3.17. The van der Waals surface area contributed by atoms with Gasteiger partial charge in [-0.25, -0.2) is 4.98 Å². The Hall–Kier alpha value is -2.80. The Morgan fingerprint density at radius 3 is 2.66 bits per heavy atom. The number of pyridine rings is 1. The highest BCUT2D eigenvalue weighted by Gasteiger charge is 2.15. The molecular weight excluding hydrogens is 364 g/mol. The molecule has 0 bridgehead atoms. The van der Waals surface area contributed by atoms with Crippen LogP contribution in [0.4, 0.5) is 5.82 Å². The van der Waals surface area contributed by atoms with Crippen molar-refractivity contribution in [2.75, 3.05) is 58.3 Å². The van der Waals surface area contributed by atoms with Gasteiger partial charge in [-0.15, -0.1) is 0 Å². The summed E-state index contributed by atoms with van der Waals surface area (Å²) in [5.74, 6) is 2.75. The second kappa shape index (κ2) is 11.3. The number of nitrogens with zero attached hydrogens (tertiary/aromatic N) is 4. The first-order valence-corrected chi connectivity index (χ1v) is 10.3. The second-order valence-corrected chi connectivity index (χ2v) is 7.18. The summed E-state index contributed by atoms with van der Waals surface area (Å²) in [4.78, 5) is 13.6. The Kier molecular flexibility index (Phi) is 8.12. The number of likely N-dealkylation sites (N-methyl/N-ethyl adjacent to an activating group) is 1. The van der Waals surface area contributed by atoms with Crippen molar-refractivity contribution in [2.24, 2.45) is 4.99 Å². The van der Waals surface area contributed by atoms with Crippen molar-refractivity contribution in [1.29, 1.82) is 0 Å². The number of aromatic nitrogens is 1. The minimum atomic E-state index is 0.673. The SMILES string of the molecule is CN=C(NCCCOc1ccccc1)NCc1ccnc(N2CCN(C)CC2)c1. The van der Waals surface area contributed by atoms with E-state index >= 15 is 0 Å². The summed E-state index contributed by atoms with van der Waals surface area (Å²) in [7, 11) is 3.95. The Bertz CT molecular complexity index is 759. The van der Waals surface area contributed by atoms with Crippen molar-refractivity contribution in [2.45, 2.75) is 13.0 Å². The average Bonchev–Trinajstić information content (AvgIpc) is 2.77. The van der Waals surface area contributed by atoms with Crippen LogP contribution in [0.3, 0.4) is 0 Å². The number of hydrogen-bond acceptors (Lipinski definition) is 5. The highest BCUT2D eigenvalue weighted by Crippen LogP contribution is 2.14. The van der Waals surface area contributed by atoms with Crippen LogP contribution in [0.5, 0.6) is 5.75 Å². The van der Waals surface area contributed by atoms with Crippen LogP contribution >= 0.6 is 0 Å². The number of ether oxygens (including phenoxy) is 1. The molecule has 0 spiro atoms. The largest absolute Gasteiger partial charge is 0.494 e. The van der Waals surface area contributed by atoms with Crippen molar-refractivity contribution in [3.63, 3.8) is 0 Å². The van der Waals surface area contributed by atoms with Gasteiger partial charge in [0.1, 0.15) is 11.6 Å². The Morgan fingerprint density at radius 2 is 1.90 bits per heavy atom.